The summed E-state index contributed by atoms with van der Waals surface area (Å²) in [7, 11) is 0. The molecule has 3 saturated carbocycles. The second-order valence-electron chi connectivity index (χ2n) is 21.1. The quantitative estimate of drug-likeness (QED) is 0.148. The molecule has 1 spiro atoms. The molecule has 62 heavy (non-hydrogen) atoms. The number of allylic oxidation sites excluding steroid dienone is 1. The lowest BCUT2D eigenvalue weighted by atomic mass is 9.47. The maximum absolute atomic E-state index is 12.0. The zero-order chi connectivity index (χ0) is 44.2. The van der Waals surface area contributed by atoms with E-state index in [2.05, 4.69) is 33.8 Å². The fourth-order valence-electron chi connectivity index (χ4n) is 14.0. The third-order valence-electron chi connectivity index (χ3n) is 17.7. The summed E-state index contributed by atoms with van der Waals surface area (Å²) in [5.74, 6) is 2.56. The predicted octanol–water partition coefficient (Wildman–Crippen LogP) is 0.214. The Kier molecular flexibility index (Phi) is 12.9. The molecule has 0 radical (unpaired) electrons. The van der Waals surface area contributed by atoms with Crippen molar-refractivity contribution in [3.05, 3.63) is 11.6 Å². The highest BCUT2D eigenvalue weighted by Crippen LogP contribution is 2.70. The van der Waals surface area contributed by atoms with Crippen LogP contribution in [0.4, 0.5) is 0 Å². The number of ether oxygens (including phenoxy) is 8. The molecule has 0 bridgehead atoms. The number of hydrogen-bond donors (Lipinski definition) is 9. The van der Waals surface area contributed by atoms with Crippen LogP contribution < -0.4 is 0 Å². The minimum atomic E-state index is -1.82. The maximum atomic E-state index is 12.0. The lowest BCUT2D eigenvalue weighted by Gasteiger charge is -2.58. The van der Waals surface area contributed by atoms with Crippen LogP contribution in [0.2, 0.25) is 0 Å². The van der Waals surface area contributed by atoms with Gasteiger partial charge in [-0.15, -0.1) is 0 Å². The van der Waals surface area contributed by atoms with Crippen LogP contribution in [-0.2, 0) is 37.9 Å². The summed E-state index contributed by atoms with van der Waals surface area (Å²) in [6, 6.07) is 0. The predicted molar refractivity (Wildman–Crippen MR) is 214 cm³/mol. The van der Waals surface area contributed by atoms with Crippen LogP contribution in [0.5, 0.6) is 0 Å². The highest BCUT2D eigenvalue weighted by molar-refractivity contribution is 5.26. The number of hydrogen-bond acceptors (Lipinski definition) is 17. The van der Waals surface area contributed by atoms with Crippen LogP contribution in [0.3, 0.4) is 0 Å². The van der Waals surface area contributed by atoms with E-state index in [0.717, 1.165) is 51.6 Å². The zero-order valence-electron chi connectivity index (χ0n) is 36.6. The molecular weight excluding hydrogens is 812 g/mol. The Bertz CT molecular complexity index is 1610. The summed E-state index contributed by atoms with van der Waals surface area (Å²) in [5, 5.41) is 95.7. The second kappa shape index (κ2) is 17.3. The van der Waals surface area contributed by atoms with Crippen molar-refractivity contribution in [3.63, 3.8) is 0 Å². The highest BCUT2D eigenvalue weighted by Gasteiger charge is 2.69. The molecule has 5 heterocycles. The summed E-state index contributed by atoms with van der Waals surface area (Å²) in [6.45, 7) is 10.4. The third-order valence-corrected chi connectivity index (χ3v) is 17.7. The van der Waals surface area contributed by atoms with Gasteiger partial charge < -0.3 is 83.9 Å². The fraction of sp³-hybridized carbons (Fsp3) is 0.956. The van der Waals surface area contributed by atoms with Gasteiger partial charge in [0.15, 0.2) is 24.7 Å². The number of fused-ring (bicyclic) bond motifs is 7. The van der Waals surface area contributed by atoms with E-state index in [4.69, 9.17) is 37.9 Å². The van der Waals surface area contributed by atoms with Gasteiger partial charge in [-0.1, -0.05) is 39.3 Å². The highest BCUT2D eigenvalue weighted by atomic mass is 16.8. The van der Waals surface area contributed by atoms with Gasteiger partial charge in [-0.25, -0.2) is 0 Å². The number of aliphatic hydroxyl groups excluding tert-OH is 9. The van der Waals surface area contributed by atoms with Gasteiger partial charge in [-0.2, -0.15) is 0 Å². The fourth-order valence-corrected chi connectivity index (χ4v) is 14.0. The Morgan fingerprint density at radius 3 is 2.05 bits per heavy atom. The molecule has 0 aromatic carbocycles. The summed E-state index contributed by atoms with van der Waals surface area (Å²) < 4.78 is 49.9. The molecule has 9 aliphatic rings. The molecule has 26 atom stereocenters. The molecule has 5 aliphatic heterocycles. The maximum Gasteiger partial charge on any atom is 0.187 e. The van der Waals surface area contributed by atoms with E-state index in [1.807, 2.05) is 0 Å². The smallest absolute Gasteiger partial charge is 0.187 e. The van der Waals surface area contributed by atoms with Gasteiger partial charge in [0, 0.05) is 12.3 Å². The molecule has 4 aliphatic carbocycles. The van der Waals surface area contributed by atoms with E-state index in [1.165, 1.54) is 12.5 Å². The summed E-state index contributed by atoms with van der Waals surface area (Å²) in [4.78, 5) is 0. The third kappa shape index (κ3) is 7.49. The minimum absolute atomic E-state index is 0.0356. The van der Waals surface area contributed by atoms with Gasteiger partial charge in [0.25, 0.3) is 0 Å². The lowest BCUT2D eigenvalue weighted by molar-refractivity contribution is -0.389. The van der Waals surface area contributed by atoms with E-state index in [-0.39, 0.29) is 23.0 Å². The molecule has 5 saturated heterocycles. The first-order valence-corrected chi connectivity index (χ1v) is 23.4. The summed E-state index contributed by atoms with van der Waals surface area (Å²) in [5.41, 5.74) is 1.48. The zero-order valence-corrected chi connectivity index (χ0v) is 36.6. The summed E-state index contributed by atoms with van der Waals surface area (Å²) >= 11 is 0. The van der Waals surface area contributed by atoms with Gasteiger partial charge in [0.1, 0.15) is 67.1 Å². The van der Waals surface area contributed by atoms with E-state index < -0.39 is 111 Å². The first-order valence-electron chi connectivity index (χ1n) is 23.4. The Hall–Kier alpha value is -0.940. The van der Waals surface area contributed by atoms with Crippen molar-refractivity contribution in [2.24, 2.45) is 46.3 Å². The molecule has 9 N–H and O–H groups in total. The summed E-state index contributed by atoms with van der Waals surface area (Å²) in [6.07, 6.45) is -12.0. The molecule has 17 nitrogen and oxygen atoms in total. The van der Waals surface area contributed by atoms with Crippen molar-refractivity contribution in [3.8, 4) is 0 Å². The first-order chi connectivity index (χ1) is 29.4. The Morgan fingerprint density at radius 1 is 0.677 bits per heavy atom. The second-order valence-corrected chi connectivity index (χ2v) is 21.1. The SMILES string of the molecule is C[C@H]1CC[C@]2(OC1)O[C@@H]1C[C@@H]3[C@H]4CC=C5C[C@@H](O[C@@H]6O[C@H](CO)[C@@H](O[C@@H]7O[C@H](CO)[C@@H](O)[C@H](O)[C@H]7O)[C@H](O)[C@H]6O[C@@H]6O[C@@H](C)[C@H](O)[C@@H](O)[C@H]6O)CC[C@]5(C)[C@@H]4CC[C@]3(C)[C@@H]1[C@@H]2C. The van der Waals surface area contributed by atoms with Crippen LogP contribution in [0.25, 0.3) is 0 Å². The van der Waals surface area contributed by atoms with Crippen molar-refractivity contribution >= 4 is 0 Å². The molecule has 0 aromatic heterocycles. The van der Waals surface area contributed by atoms with Crippen molar-refractivity contribution in [2.45, 2.75) is 203 Å². The monoisotopic (exact) mass is 884 g/mol. The van der Waals surface area contributed by atoms with E-state index in [1.54, 1.807) is 0 Å². The normalized spacial score (nSPS) is 57.6. The Labute approximate surface area is 363 Å². The lowest BCUT2D eigenvalue weighted by Crippen LogP contribution is -2.67. The molecule has 9 rings (SSSR count). The van der Waals surface area contributed by atoms with Crippen LogP contribution in [0.1, 0.15) is 92.4 Å². The van der Waals surface area contributed by atoms with Crippen LogP contribution in [0.15, 0.2) is 11.6 Å². The largest absolute Gasteiger partial charge is 0.394 e. The van der Waals surface area contributed by atoms with Crippen LogP contribution in [-0.4, -0.2) is 176 Å². The van der Waals surface area contributed by atoms with E-state index in [0.29, 0.717) is 48.3 Å². The molecule has 17 heteroatoms. The molecular formula is C45H72O17. The van der Waals surface area contributed by atoms with E-state index in [9.17, 15) is 46.0 Å². The van der Waals surface area contributed by atoms with Crippen molar-refractivity contribution in [2.75, 3.05) is 19.8 Å². The van der Waals surface area contributed by atoms with Crippen LogP contribution >= 0.6 is 0 Å². The Morgan fingerprint density at radius 2 is 1.35 bits per heavy atom. The molecule has 0 aromatic rings. The number of rotatable bonds is 8. The standard InChI is InChI=1S/C45H72O17/c1-19-8-13-45(55-18-19)20(2)30-27(62-45)15-26-24-7-6-22-14-23(9-11-43(22,4)25(24)10-12-44(26,30)5)57-42-39(61-40-35(52)33(50)31(48)21(3)56-40)37(54)38(29(17-47)59-42)60-41-36(53)34(51)32(49)28(16-46)58-41/h6,19-21,23-42,46-54H,7-18H2,1-5H3/t19-,20-,21-,23-,24-,25+,26+,27+,28+,29+,30+,31-,32+,33+,34-,35+,36+,37-,38+,39+,40-,41-,42+,43-,44-,45-/m0/s1. The van der Waals surface area contributed by atoms with Gasteiger partial charge in [-0.3, -0.25) is 0 Å². The molecule has 0 unspecified atom stereocenters. The van der Waals surface area contributed by atoms with Crippen molar-refractivity contribution in [1.82, 2.24) is 0 Å². The average molecular weight is 885 g/mol. The number of aliphatic hydroxyl groups is 9. The van der Waals surface area contributed by atoms with E-state index >= 15 is 0 Å². The van der Waals surface area contributed by atoms with Gasteiger partial charge >= 0.3 is 0 Å². The van der Waals surface area contributed by atoms with Gasteiger partial charge in [-0.05, 0) is 98.7 Å². The first kappa shape index (κ1) is 46.2. The van der Waals surface area contributed by atoms with Gasteiger partial charge in [0.05, 0.1) is 38.1 Å². The molecule has 0 amide bonds. The molecule has 354 valence electrons. The Balaban J connectivity index is 0.917. The minimum Gasteiger partial charge on any atom is -0.394 e. The van der Waals surface area contributed by atoms with Crippen molar-refractivity contribution < 1.29 is 83.9 Å². The van der Waals surface area contributed by atoms with Gasteiger partial charge in [0.2, 0.25) is 0 Å². The average Bonchev–Trinajstić information content (AvgIpc) is 3.70. The van der Waals surface area contributed by atoms with Crippen molar-refractivity contribution in [1.29, 1.82) is 0 Å². The molecule has 8 fully saturated rings. The topological polar surface area (TPSA) is 256 Å². The van der Waals surface area contributed by atoms with Crippen LogP contribution in [0, 0.1) is 46.3 Å².